The molecule has 6 nitrogen and oxygen atoms in total. The van der Waals surface area contributed by atoms with Gasteiger partial charge in [-0.25, -0.2) is 0 Å². The Balaban J connectivity index is 2.30. The van der Waals surface area contributed by atoms with Crippen LogP contribution in [0.5, 0.6) is 0 Å². The zero-order valence-electron chi connectivity index (χ0n) is 9.15. The Morgan fingerprint density at radius 2 is 2.12 bits per heavy atom. The standard InChI is InChI=1S/C10H18N2O4/c11-4-2-1-3-9(13)12-8-6-16-5-7(8)10(14)15/h7-8H,1-6,11H2,(H,12,13)(H,14,15). The second kappa shape index (κ2) is 6.44. The molecule has 1 rings (SSSR count). The van der Waals surface area contributed by atoms with Gasteiger partial charge in [0, 0.05) is 6.42 Å². The number of hydrogen-bond acceptors (Lipinski definition) is 4. The summed E-state index contributed by atoms with van der Waals surface area (Å²) in [4.78, 5) is 22.2. The molecule has 1 saturated heterocycles. The van der Waals surface area contributed by atoms with Crippen molar-refractivity contribution in [3.05, 3.63) is 0 Å². The minimum atomic E-state index is -0.926. The molecule has 0 aromatic carbocycles. The van der Waals surface area contributed by atoms with Crippen LogP contribution in [0.3, 0.4) is 0 Å². The quantitative estimate of drug-likeness (QED) is 0.525. The van der Waals surface area contributed by atoms with E-state index in [0.29, 0.717) is 13.0 Å². The van der Waals surface area contributed by atoms with E-state index in [-0.39, 0.29) is 19.1 Å². The number of rotatable bonds is 6. The van der Waals surface area contributed by atoms with Crippen molar-refractivity contribution < 1.29 is 19.4 Å². The first-order chi connectivity index (χ1) is 7.65. The highest BCUT2D eigenvalue weighted by Gasteiger charge is 2.34. The summed E-state index contributed by atoms with van der Waals surface area (Å²) in [6.07, 6.45) is 1.92. The zero-order valence-corrected chi connectivity index (χ0v) is 9.15. The molecule has 1 aliphatic rings. The van der Waals surface area contributed by atoms with Crippen LogP contribution in [-0.2, 0) is 14.3 Å². The largest absolute Gasteiger partial charge is 0.481 e. The fraction of sp³-hybridized carbons (Fsp3) is 0.800. The lowest BCUT2D eigenvalue weighted by molar-refractivity contribution is -0.142. The molecular formula is C10H18N2O4. The Bertz CT molecular complexity index is 257. The average molecular weight is 230 g/mol. The number of amides is 1. The Morgan fingerprint density at radius 1 is 1.38 bits per heavy atom. The zero-order chi connectivity index (χ0) is 12.0. The van der Waals surface area contributed by atoms with Crippen molar-refractivity contribution in [3.63, 3.8) is 0 Å². The van der Waals surface area contributed by atoms with E-state index < -0.39 is 17.9 Å². The number of carbonyl (C=O) groups is 2. The van der Waals surface area contributed by atoms with Gasteiger partial charge in [-0.3, -0.25) is 9.59 Å². The van der Waals surface area contributed by atoms with Gasteiger partial charge in [0.05, 0.1) is 19.3 Å². The number of carboxylic acid groups (broad SMARTS) is 1. The highest BCUT2D eigenvalue weighted by Crippen LogP contribution is 2.14. The highest BCUT2D eigenvalue weighted by atomic mass is 16.5. The molecule has 1 heterocycles. The Kier molecular flexibility index (Phi) is 5.21. The summed E-state index contributed by atoms with van der Waals surface area (Å²) in [5.41, 5.74) is 5.31. The van der Waals surface area contributed by atoms with E-state index in [0.717, 1.165) is 12.8 Å². The van der Waals surface area contributed by atoms with Gasteiger partial charge in [-0.05, 0) is 19.4 Å². The molecule has 0 aromatic rings. The highest BCUT2D eigenvalue weighted by molar-refractivity contribution is 5.78. The number of carbonyl (C=O) groups excluding carboxylic acids is 1. The van der Waals surface area contributed by atoms with Crippen molar-refractivity contribution in [2.45, 2.75) is 25.3 Å². The van der Waals surface area contributed by atoms with Gasteiger partial charge in [-0.15, -0.1) is 0 Å². The molecular weight excluding hydrogens is 212 g/mol. The number of nitrogens with two attached hydrogens (primary N) is 1. The molecule has 2 unspecified atom stereocenters. The number of hydrogen-bond donors (Lipinski definition) is 3. The first-order valence-electron chi connectivity index (χ1n) is 5.45. The monoisotopic (exact) mass is 230 g/mol. The number of ether oxygens (including phenoxy) is 1. The summed E-state index contributed by atoms with van der Waals surface area (Å²) < 4.78 is 5.04. The molecule has 0 spiro atoms. The van der Waals surface area contributed by atoms with Crippen LogP contribution in [0.2, 0.25) is 0 Å². The topological polar surface area (TPSA) is 102 Å². The third-order valence-corrected chi connectivity index (χ3v) is 2.60. The van der Waals surface area contributed by atoms with Crippen molar-refractivity contribution in [2.24, 2.45) is 11.7 Å². The van der Waals surface area contributed by atoms with Crippen LogP contribution in [0.15, 0.2) is 0 Å². The van der Waals surface area contributed by atoms with Gasteiger partial charge in [-0.2, -0.15) is 0 Å². The van der Waals surface area contributed by atoms with Crippen molar-refractivity contribution in [1.82, 2.24) is 5.32 Å². The lowest BCUT2D eigenvalue weighted by Crippen LogP contribution is -2.42. The maximum Gasteiger partial charge on any atom is 0.311 e. The van der Waals surface area contributed by atoms with Gasteiger partial charge >= 0.3 is 5.97 Å². The van der Waals surface area contributed by atoms with E-state index >= 15 is 0 Å². The number of nitrogens with one attached hydrogen (secondary N) is 1. The normalized spacial score (nSPS) is 24.3. The molecule has 0 saturated carbocycles. The van der Waals surface area contributed by atoms with E-state index in [9.17, 15) is 9.59 Å². The average Bonchev–Trinajstić information content (AvgIpc) is 2.66. The minimum absolute atomic E-state index is 0.129. The van der Waals surface area contributed by atoms with Crippen molar-refractivity contribution in [1.29, 1.82) is 0 Å². The molecule has 0 bridgehead atoms. The fourth-order valence-corrected chi connectivity index (χ4v) is 1.65. The van der Waals surface area contributed by atoms with Crippen LogP contribution in [0, 0.1) is 5.92 Å². The van der Waals surface area contributed by atoms with Crippen LogP contribution < -0.4 is 11.1 Å². The molecule has 1 aliphatic heterocycles. The van der Waals surface area contributed by atoms with Crippen LogP contribution in [-0.4, -0.2) is 42.8 Å². The molecule has 1 amide bonds. The number of unbranched alkanes of at least 4 members (excludes halogenated alkanes) is 1. The second-order valence-corrected chi connectivity index (χ2v) is 3.90. The van der Waals surface area contributed by atoms with Crippen LogP contribution in [0.25, 0.3) is 0 Å². The summed E-state index contributed by atoms with van der Waals surface area (Å²) in [5, 5.41) is 11.5. The third kappa shape index (κ3) is 3.79. The van der Waals surface area contributed by atoms with Gasteiger partial charge in [0.2, 0.25) is 5.91 Å². The predicted octanol–water partition coefficient (Wildman–Crippen LogP) is -0.669. The third-order valence-electron chi connectivity index (χ3n) is 2.60. The summed E-state index contributed by atoms with van der Waals surface area (Å²) in [6.45, 7) is 1.01. The molecule has 16 heavy (non-hydrogen) atoms. The molecule has 92 valence electrons. The Hall–Kier alpha value is -1.14. The lowest BCUT2D eigenvalue weighted by atomic mass is 10.0. The number of carboxylic acids is 1. The van der Waals surface area contributed by atoms with Gasteiger partial charge in [0.25, 0.3) is 0 Å². The summed E-state index contributed by atoms with van der Waals surface area (Å²) in [7, 11) is 0. The van der Waals surface area contributed by atoms with Gasteiger partial charge < -0.3 is 20.9 Å². The van der Waals surface area contributed by atoms with E-state index in [1.54, 1.807) is 0 Å². The van der Waals surface area contributed by atoms with Crippen molar-refractivity contribution in [3.8, 4) is 0 Å². The van der Waals surface area contributed by atoms with Gasteiger partial charge in [-0.1, -0.05) is 0 Å². The maximum atomic E-state index is 11.4. The second-order valence-electron chi connectivity index (χ2n) is 3.90. The van der Waals surface area contributed by atoms with E-state index in [2.05, 4.69) is 5.32 Å². The van der Waals surface area contributed by atoms with Gasteiger partial charge in [0.1, 0.15) is 5.92 Å². The fourth-order valence-electron chi connectivity index (χ4n) is 1.65. The molecule has 1 fully saturated rings. The molecule has 0 aromatic heterocycles. The molecule has 0 radical (unpaired) electrons. The van der Waals surface area contributed by atoms with Crippen LogP contribution >= 0.6 is 0 Å². The van der Waals surface area contributed by atoms with E-state index in [1.807, 2.05) is 0 Å². The first-order valence-corrected chi connectivity index (χ1v) is 5.45. The SMILES string of the molecule is NCCCCC(=O)NC1COCC1C(=O)O. The van der Waals surface area contributed by atoms with Crippen molar-refractivity contribution in [2.75, 3.05) is 19.8 Å². The smallest absolute Gasteiger partial charge is 0.311 e. The minimum Gasteiger partial charge on any atom is -0.481 e. The molecule has 0 aliphatic carbocycles. The lowest BCUT2D eigenvalue weighted by Gasteiger charge is -2.15. The van der Waals surface area contributed by atoms with Crippen LogP contribution in [0.4, 0.5) is 0 Å². The van der Waals surface area contributed by atoms with E-state index in [4.69, 9.17) is 15.6 Å². The maximum absolute atomic E-state index is 11.4. The Labute approximate surface area is 94.1 Å². The van der Waals surface area contributed by atoms with Crippen molar-refractivity contribution >= 4 is 11.9 Å². The van der Waals surface area contributed by atoms with Gasteiger partial charge in [0.15, 0.2) is 0 Å². The first kappa shape index (κ1) is 12.9. The van der Waals surface area contributed by atoms with E-state index in [1.165, 1.54) is 0 Å². The summed E-state index contributed by atoms with van der Waals surface area (Å²) >= 11 is 0. The summed E-state index contributed by atoms with van der Waals surface area (Å²) in [6, 6.07) is -0.400. The number of aliphatic carboxylic acids is 1. The molecule has 6 heteroatoms. The Morgan fingerprint density at radius 3 is 2.75 bits per heavy atom. The predicted molar refractivity (Wildman–Crippen MR) is 56.8 cm³/mol. The summed E-state index contributed by atoms with van der Waals surface area (Å²) in [5.74, 6) is -1.68. The molecule has 2 atom stereocenters. The molecule has 4 N–H and O–H groups in total. The van der Waals surface area contributed by atoms with Crippen LogP contribution in [0.1, 0.15) is 19.3 Å².